The van der Waals surface area contributed by atoms with E-state index in [2.05, 4.69) is 43.1 Å². The van der Waals surface area contributed by atoms with Crippen LogP contribution in [0.1, 0.15) is 33.1 Å². The SMILES string of the molecule is CCCNC(C)(CO)CN1CCC(N(C)C)CC1. The van der Waals surface area contributed by atoms with Gasteiger partial charge in [-0.3, -0.25) is 0 Å². The van der Waals surface area contributed by atoms with Gasteiger partial charge in [0.2, 0.25) is 0 Å². The molecular formula is C14H31N3O. The molecule has 0 bridgehead atoms. The topological polar surface area (TPSA) is 38.7 Å². The normalized spacial score (nSPS) is 22.3. The van der Waals surface area contributed by atoms with Crippen molar-refractivity contribution in [2.75, 3.05) is 46.9 Å². The van der Waals surface area contributed by atoms with Crippen LogP contribution in [0.2, 0.25) is 0 Å². The average molecular weight is 257 g/mol. The third-order valence-corrected chi connectivity index (χ3v) is 4.01. The molecular weight excluding hydrogens is 226 g/mol. The van der Waals surface area contributed by atoms with Gasteiger partial charge in [-0.15, -0.1) is 0 Å². The Kier molecular flexibility index (Phi) is 6.57. The first kappa shape index (κ1) is 15.9. The maximum Gasteiger partial charge on any atom is 0.0623 e. The van der Waals surface area contributed by atoms with Crippen LogP contribution in [0, 0.1) is 0 Å². The maximum absolute atomic E-state index is 9.59. The van der Waals surface area contributed by atoms with Crippen molar-refractivity contribution >= 4 is 0 Å². The van der Waals surface area contributed by atoms with E-state index < -0.39 is 0 Å². The molecule has 0 saturated carbocycles. The molecule has 2 N–H and O–H groups in total. The monoisotopic (exact) mass is 257 g/mol. The van der Waals surface area contributed by atoms with Crippen LogP contribution in [0.3, 0.4) is 0 Å². The predicted molar refractivity (Wildman–Crippen MR) is 76.9 cm³/mol. The molecule has 1 unspecified atom stereocenters. The first-order valence-electron chi connectivity index (χ1n) is 7.25. The highest BCUT2D eigenvalue weighted by Crippen LogP contribution is 2.16. The largest absolute Gasteiger partial charge is 0.394 e. The zero-order chi connectivity index (χ0) is 13.6. The molecule has 0 aliphatic carbocycles. The Morgan fingerprint density at radius 1 is 1.33 bits per heavy atom. The fourth-order valence-corrected chi connectivity index (χ4v) is 2.68. The minimum absolute atomic E-state index is 0.152. The molecule has 1 saturated heterocycles. The second-order valence-electron chi connectivity index (χ2n) is 6.12. The Balaban J connectivity index is 2.38. The van der Waals surface area contributed by atoms with Crippen LogP contribution >= 0.6 is 0 Å². The van der Waals surface area contributed by atoms with Gasteiger partial charge in [0.05, 0.1) is 12.1 Å². The molecule has 1 heterocycles. The van der Waals surface area contributed by atoms with Crippen LogP contribution in [0.5, 0.6) is 0 Å². The van der Waals surface area contributed by atoms with E-state index in [-0.39, 0.29) is 12.1 Å². The van der Waals surface area contributed by atoms with E-state index in [4.69, 9.17) is 0 Å². The van der Waals surface area contributed by atoms with Gasteiger partial charge in [0.15, 0.2) is 0 Å². The minimum Gasteiger partial charge on any atom is -0.394 e. The molecule has 0 amide bonds. The molecule has 0 aromatic carbocycles. The van der Waals surface area contributed by atoms with E-state index >= 15 is 0 Å². The fraction of sp³-hybridized carbons (Fsp3) is 1.00. The Bertz CT molecular complexity index is 227. The van der Waals surface area contributed by atoms with E-state index in [0.717, 1.165) is 38.6 Å². The number of aliphatic hydroxyl groups excluding tert-OH is 1. The molecule has 0 spiro atoms. The average Bonchev–Trinajstić information content (AvgIpc) is 2.37. The number of nitrogens with zero attached hydrogens (tertiary/aromatic N) is 2. The van der Waals surface area contributed by atoms with Gasteiger partial charge in [-0.25, -0.2) is 0 Å². The Hall–Kier alpha value is -0.160. The van der Waals surface area contributed by atoms with Gasteiger partial charge in [-0.05, 0) is 59.9 Å². The molecule has 0 aromatic rings. The van der Waals surface area contributed by atoms with Crippen molar-refractivity contribution in [3.05, 3.63) is 0 Å². The summed E-state index contributed by atoms with van der Waals surface area (Å²) < 4.78 is 0. The first-order valence-corrected chi connectivity index (χ1v) is 7.25. The van der Waals surface area contributed by atoms with Crippen molar-refractivity contribution in [2.24, 2.45) is 0 Å². The number of nitrogens with one attached hydrogen (secondary N) is 1. The van der Waals surface area contributed by atoms with E-state index in [9.17, 15) is 5.11 Å². The van der Waals surface area contributed by atoms with Crippen molar-refractivity contribution in [1.29, 1.82) is 0 Å². The van der Waals surface area contributed by atoms with E-state index in [1.807, 2.05) is 0 Å². The number of hydrogen-bond donors (Lipinski definition) is 2. The summed E-state index contributed by atoms with van der Waals surface area (Å²) in [6.45, 7) is 8.71. The lowest BCUT2D eigenvalue weighted by molar-refractivity contribution is 0.0862. The first-order chi connectivity index (χ1) is 8.50. The molecule has 108 valence electrons. The molecule has 1 aliphatic rings. The van der Waals surface area contributed by atoms with Gasteiger partial charge in [0, 0.05) is 12.6 Å². The smallest absolute Gasteiger partial charge is 0.0623 e. The summed E-state index contributed by atoms with van der Waals surface area (Å²) in [7, 11) is 4.34. The minimum atomic E-state index is -0.152. The lowest BCUT2D eigenvalue weighted by Gasteiger charge is -2.40. The Morgan fingerprint density at radius 2 is 1.94 bits per heavy atom. The fourth-order valence-electron chi connectivity index (χ4n) is 2.68. The number of likely N-dealkylation sites (tertiary alicyclic amines) is 1. The van der Waals surface area contributed by atoms with E-state index in [0.29, 0.717) is 0 Å². The summed E-state index contributed by atoms with van der Waals surface area (Å²) >= 11 is 0. The van der Waals surface area contributed by atoms with E-state index in [1.165, 1.54) is 12.8 Å². The van der Waals surface area contributed by atoms with Crippen molar-refractivity contribution in [3.63, 3.8) is 0 Å². The number of hydrogen-bond acceptors (Lipinski definition) is 4. The van der Waals surface area contributed by atoms with Crippen LogP contribution in [0.15, 0.2) is 0 Å². The van der Waals surface area contributed by atoms with Crippen LogP contribution in [0.25, 0.3) is 0 Å². The third kappa shape index (κ3) is 4.84. The molecule has 0 radical (unpaired) electrons. The summed E-state index contributed by atoms with van der Waals surface area (Å²) in [6, 6.07) is 0.727. The lowest BCUT2D eigenvalue weighted by atomic mass is 9.98. The van der Waals surface area contributed by atoms with Crippen LogP contribution in [-0.2, 0) is 0 Å². The maximum atomic E-state index is 9.59. The van der Waals surface area contributed by atoms with Gasteiger partial charge in [0.1, 0.15) is 0 Å². The Morgan fingerprint density at radius 3 is 2.39 bits per heavy atom. The molecule has 1 fully saturated rings. The van der Waals surface area contributed by atoms with Crippen LogP contribution in [0.4, 0.5) is 0 Å². The molecule has 1 aliphatic heterocycles. The second kappa shape index (κ2) is 7.43. The highest BCUT2D eigenvalue weighted by atomic mass is 16.3. The van der Waals surface area contributed by atoms with Crippen molar-refractivity contribution in [1.82, 2.24) is 15.1 Å². The van der Waals surface area contributed by atoms with Crippen molar-refractivity contribution < 1.29 is 5.11 Å². The van der Waals surface area contributed by atoms with Crippen molar-refractivity contribution in [2.45, 2.75) is 44.7 Å². The summed E-state index contributed by atoms with van der Waals surface area (Å²) in [5.74, 6) is 0. The Labute approximate surface area is 112 Å². The van der Waals surface area contributed by atoms with Gasteiger partial charge < -0.3 is 20.2 Å². The number of piperidine rings is 1. The summed E-state index contributed by atoms with van der Waals surface area (Å²) in [4.78, 5) is 4.82. The summed E-state index contributed by atoms with van der Waals surface area (Å²) in [6.07, 6.45) is 3.59. The highest BCUT2D eigenvalue weighted by molar-refractivity contribution is 4.88. The zero-order valence-electron chi connectivity index (χ0n) is 12.6. The second-order valence-corrected chi connectivity index (χ2v) is 6.12. The predicted octanol–water partition coefficient (Wildman–Crippen LogP) is 0.763. The molecule has 1 rings (SSSR count). The van der Waals surface area contributed by atoms with Gasteiger partial charge in [-0.2, -0.15) is 0 Å². The lowest BCUT2D eigenvalue weighted by Crippen LogP contribution is -2.56. The van der Waals surface area contributed by atoms with Crippen LogP contribution in [-0.4, -0.2) is 73.4 Å². The highest BCUT2D eigenvalue weighted by Gasteiger charge is 2.28. The molecule has 1 atom stereocenters. The van der Waals surface area contributed by atoms with Crippen molar-refractivity contribution in [3.8, 4) is 0 Å². The van der Waals surface area contributed by atoms with Crippen LogP contribution < -0.4 is 5.32 Å². The van der Waals surface area contributed by atoms with Gasteiger partial charge in [-0.1, -0.05) is 6.92 Å². The van der Waals surface area contributed by atoms with E-state index in [1.54, 1.807) is 0 Å². The standard InChI is InChI=1S/C14H31N3O/c1-5-8-15-14(2,12-18)11-17-9-6-13(7-10-17)16(3)4/h13,15,18H,5-12H2,1-4H3. The number of rotatable bonds is 7. The third-order valence-electron chi connectivity index (χ3n) is 4.01. The molecule has 4 heteroatoms. The number of aliphatic hydroxyl groups is 1. The molecule has 0 aromatic heterocycles. The van der Waals surface area contributed by atoms with Gasteiger partial charge >= 0.3 is 0 Å². The zero-order valence-corrected chi connectivity index (χ0v) is 12.6. The van der Waals surface area contributed by atoms with Gasteiger partial charge in [0.25, 0.3) is 0 Å². The molecule has 4 nitrogen and oxygen atoms in total. The quantitative estimate of drug-likeness (QED) is 0.706. The summed E-state index contributed by atoms with van der Waals surface area (Å²) in [5, 5.41) is 13.1. The summed E-state index contributed by atoms with van der Waals surface area (Å²) in [5.41, 5.74) is -0.152. The molecule has 18 heavy (non-hydrogen) atoms.